The molecule has 0 spiro atoms. The first-order valence-electron chi connectivity index (χ1n) is 9.81. The highest BCUT2D eigenvalue weighted by Crippen LogP contribution is 2.34. The lowest BCUT2D eigenvalue weighted by atomic mass is 10.1. The van der Waals surface area contributed by atoms with E-state index in [0.717, 1.165) is 5.69 Å². The van der Waals surface area contributed by atoms with Gasteiger partial charge in [0.15, 0.2) is 5.65 Å². The number of aromatic nitrogens is 5. The average molecular weight is 446 g/mol. The lowest BCUT2D eigenvalue weighted by molar-refractivity contribution is 0.628. The standard InChI is InChI=1S/C23H17ClFN7/c24-17-6-1-2-7-18(17)32-21(26)19-20(14-8-10-15(25)11-9-14)29-23(30-22(19)31-32)28-13-16-5-3-4-12-27-16/h1-12H,13,26H2,(H,28,30,31). The second-order valence-electron chi connectivity index (χ2n) is 7.02. The van der Waals surface area contributed by atoms with Gasteiger partial charge in [0, 0.05) is 11.8 Å². The maximum absolute atomic E-state index is 13.5. The summed E-state index contributed by atoms with van der Waals surface area (Å²) in [6, 6.07) is 18.9. The van der Waals surface area contributed by atoms with Gasteiger partial charge in [-0.3, -0.25) is 4.98 Å². The lowest BCUT2D eigenvalue weighted by Gasteiger charge is -2.09. The molecule has 0 aliphatic heterocycles. The number of nitrogens with zero attached hydrogens (tertiary/aromatic N) is 5. The molecular formula is C23H17ClFN7. The van der Waals surface area contributed by atoms with Crippen molar-refractivity contribution in [2.24, 2.45) is 0 Å². The molecule has 3 aromatic heterocycles. The molecule has 2 aromatic carbocycles. The van der Waals surface area contributed by atoms with Gasteiger partial charge in [0.1, 0.15) is 11.6 Å². The molecule has 7 nitrogen and oxygen atoms in total. The lowest BCUT2D eigenvalue weighted by Crippen LogP contribution is -2.06. The van der Waals surface area contributed by atoms with Gasteiger partial charge in [-0.25, -0.2) is 14.1 Å². The number of fused-ring (bicyclic) bond motifs is 1. The number of hydrogen-bond donors (Lipinski definition) is 2. The van der Waals surface area contributed by atoms with E-state index < -0.39 is 0 Å². The molecule has 0 bridgehead atoms. The summed E-state index contributed by atoms with van der Waals surface area (Å²) in [7, 11) is 0. The van der Waals surface area contributed by atoms with Gasteiger partial charge in [-0.05, 0) is 48.5 Å². The van der Waals surface area contributed by atoms with Crippen molar-refractivity contribution in [2.75, 3.05) is 11.1 Å². The summed E-state index contributed by atoms with van der Waals surface area (Å²) in [6.07, 6.45) is 1.72. The van der Waals surface area contributed by atoms with Crippen molar-refractivity contribution in [1.29, 1.82) is 0 Å². The van der Waals surface area contributed by atoms with Crippen molar-refractivity contribution in [3.8, 4) is 16.9 Å². The summed E-state index contributed by atoms with van der Waals surface area (Å²) in [6.45, 7) is 0.426. The van der Waals surface area contributed by atoms with E-state index in [2.05, 4.69) is 25.4 Å². The topological polar surface area (TPSA) is 94.5 Å². The van der Waals surface area contributed by atoms with E-state index in [1.54, 1.807) is 24.4 Å². The molecule has 0 saturated heterocycles. The molecule has 158 valence electrons. The fourth-order valence-corrected chi connectivity index (χ4v) is 3.60. The third-order valence-electron chi connectivity index (χ3n) is 4.92. The Morgan fingerprint density at radius 3 is 2.50 bits per heavy atom. The van der Waals surface area contributed by atoms with E-state index in [1.807, 2.05) is 36.4 Å². The van der Waals surface area contributed by atoms with Gasteiger partial charge in [0.2, 0.25) is 5.95 Å². The summed E-state index contributed by atoms with van der Waals surface area (Å²) in [5, 5.41) is 8.82. The molecule has 0 saturated carbocycles. The molecule has 0 aliphatic rings. The van der Waals surface area contributed by atoms with Gasteiger partial charge in [-0.1, -0.05) is 29.8 Å². The van der Waals surface area contributed by atoms with Crippen LogP contribution < -0.4 is 11.1 Å². The van der Waals surface area contributed by atoms with E-state index in [0.29, 0.717) is 51.3 Å². The minimum absolute atomic E-state index is 0.337. The Morgan fingerprint density at radius 2 is 1.75 bits per heavy atom. The zero-order valence-electron chi connectivity index (χ0n) is 16.7. The first kappa shape index (κ1) is 19.9. The number of benzene rings is 2. The van der Waals surface area contributed by atoms with Crippen LogP contribution in [0.5, 0.6) is 0 Å². The second-order valence-corrected chi connectivity index (χ2v) is 7.43. The minimum atomic E-state index is -0.340. The van der Waals surface area contributed by atoms with Gasteiger partial charge < -0.3 is 11.1 Å². The van der Waals surface area contributed by atoms with Crippen LogP contribution in [-0.4, -0.2) is 24.7 Å². The van der Waals surface area contributed by atoms with Crippen molar-refractivity contribution >= 4 is 34.4 Å². The molecule has 0 atom stereocenters. The first-order chi connectivity index (χ1) is 15.6. The number of halogens is 2. The van der Waals surface area contributed by atoms with Crippen LogP contribution in [0.15, 0.2) is 72.9 Å². The number of pyridine rings is 1. The average Bonchev–Trinajstić information content (AvgIpc) is 3.15. The van der Waals surface area contributed by atoms with Crippen molar-refractivity contribution < 1.29 is 4.39 Å². The first-order valence-corrected chi connectivity index (χ1v) is 10.2. The van der Waals surface area contributed by atoms with E-state index >= 15 is 0 Å². The largest absolute Gasteiger partial charge is 0.383 e. The Balaban J connectivity index is 1.66. The van der Waals surface area contributed by atoms with Gasteiger partial charge in [0.25, 0.3) is 0 Å². The molecule has 3 heterocycles. The zero-order valence-corrected chi connectivity index (χ0v) is 17.5. The molecule has 32 heavy (non-hydrogen) atoms. The Hall–Kier alpha value is -4.04. The van der Waals surface area contributed by atoms with Crippen LogP contribution in [0.2, 0.25) is 5.02 Å². The highest BCUT2D eigenvalue weighted by molar-refractivity contribution is 6.32. The van der Waals surface area contributed by atoms with Gasteiger partial charge in [-0.2, -0.15) is 4.98 Å². The highest BCUT2D eigenvalue weighted by Gasteiger charge is 2.20. The third-order valence-corrected chi connectivity index (χ3v) is 5.24. The monoisotopic (exact) mass is 445 g/mol. The summed E-state index contributed by atoms with van der Waals surface area (Å²) >= 11 is 6.37. The number of rotatable bonds is 5. The smallest absolute Gasteiger partial charge is 0.225 e. The highest BCUT2D eigenvalue weighted by atomic mass is 35.5. The van der Waals surface area contributed by atoms with Crippen LogP contribution in [0.1, 0.15) is 5.69 Å². The van der Waals surface area contributed by atoms with E-state index in [9.17, 15) is 4.39 Å². The van der Waals surface area contributed by atoms with Crippen LogP contribution in [0.3, 0.4) is 0 Å². The minimum Gasteiger partial charge on any atom is -0.383 e. The molecule has 0 unspecified atom stereocenters. The van der Waals surface area contributed by atoms with Gasteiger partial charge in [-0.15, -0.1) is 5.10 Å². The van der Waals surface area contributed by atoms with Gasteiger partial charge in [0.05, 0.1) is 34.0 Å². The predicted octanol–water partition coefficient (Wildman–Crippen LogP) is 4.86. The van der Waals surface area contributed by atoms with Crippen LogP contribution in [0.25, 0.3) is 28.0 Å². The van der Waals surface area contributed by atoms with Gasteiger partial charge >= 0.3 is 0 Å². The molecule has 0 amide bonds. The Kier molecular flexibility index (Phi) is 5.12. The Bertz CT molecular complexity index is 1400. The third kappa shape index (κ3) is 3.72. The van der Waals surface area contributed by atoms with Crippen LogP contribution in [0, 0.1) is 5.82 Å². The normalized spacial score (nSPS) is 11.1. The molecule has 0 aliphatic carbocycles. The fourth-order valence-electron chi connectivity index (χ4n) is 3.39. The molecule has 5 rings (SSSR count). The van der Waals surface area contributed by atoms with Crippen molar-refractivity contribution in [3.63, 3.8) is 0 Å². The number of para-hydroxylation sites is 1. The molecule has 5 aromatic rings. The zero-order chi connectivity index (χ0) is 22.1. The summed E-state index contributed by atoms with van der Waals surface area (Å²) in [5.41, 5.74) is 9.55. The Labute approximate surface area is 187 Å². The van der Waals surface area contributed by atoms with Crippen molar-refractivity contribution in [2.45, 2.75) is 6.54 Å². The quantitative estimate of drug-likeness (QED) is 0.401. The number of nitrogens with one attached hydrogen (secondary N) is 1. The molecule has 0 radical (unpaired) electrons. The van der Waals surface area contributed by atoms with Crippen molar-refractivity contribution in [3.05, 3.63) is 89.5 Å². The summed E-state index contributed by atoms with van der Waals surface area (Å²) in [4.78, 5) is 13.5. The van der Waals surface area contributed by atoms with E-state index in [-0.39, 0.29) is 5.82 Å². The number of hydrogen-bond acceptors (Lipinski definition) is 6. The van der Waals surface area contributed by atoms with Crippen LogP contribution >= 0.6 is 11.6 Å². The molecule has 3 N–H and O–H groups in total. The van der Waals surface area contributed by atoms with Crippen LogP contribution in [-0.2, 0) is 6.54 Å². The predicted molar refractivity (Wildman–Crippen MR) is 123 cm³/mol. The Morgan fingerprint density at radius 1 is 0.969 bits per heavy atom. The van der Waals surface area contributed by atoms with Crippen LogP contribution in [0.4, 0.5) is 16.2 Å². The number of nitrogen functional groups attached to an aromatic ring is 1. The maximum atomic E-state index is 13.5. The number of nitrogens with two attached hydrogens (primary N) is 1. The summed E-state index contributed by atoms with van der Waals surface area (Å²) in [5.74, 6) is 0.349. The number of anilines is 2. The van der Waals surface area contributed by atoms with Crippen molar-refractivity contribution in [1.82, 2.24) is 24.7 Å². The molecule has 9 heteroatoms. The maximum Gasteiger partial charge on any atom is 0.225 e. The SMILES string of the molecule is Nc1c2c(-c3ccc(F)cc3)nc(NCc3ccccn3)nc2nn1-c1ccccc1Cl. The summed E-state index contributed by atoms with van der Waals surface area (Å²) < 4.78 is 15.1. The molecule has 0 fully saturated rings. The van der Waals surface area contributed by atoms with E-state index in [4.69, 9.17) is 17.3 Å². The fraction of sp³-hybridized carbons (Fsp3) is 0.0435. The second kappa shape index (κ2) is 8.24. The van der Waals surface area contributed by atoms with E-state index in [1.165, 1.54) is 16.8 Å². The molecular weight excluding hydrogens is 429 g/mol.